The Morgan fingerprint density at radius 3 is 2.94 bits per heavy atom. The molecule has 0 aliphatic carbocycles. The summed E-state index contributed by atoms with van der Waals surface area (Å²) in [7, 11) is 1.49. The second-order valence-electron chi connectivity index (χ2n) is 3.28. The van der Waals surface area contributed by atoms with E-state index in [0.717, 1.165) is 0 Å². The average molecular weight is 236 g/mol. The van der Waals surface area contributed by atoms with Crippen LogP contribution in [-0.2, 0) is 0 Å². The topological polar surface area (TPSA) is 128 Å². The van der Waals surface area contributed by atoms with Crippen molar-refractivity contribution in [1.82, 2.24) is 30.6 Å². The third-order valence-electron chi connectivity index (χ3n) is 2.14. The monoisotopic (exact) mass is 236 g/mol. The number of tetrazole rings is 1. The molecule has 9 heteroatoms. The molecule has 2 rings (SSSR count). The molecule has 1 atom stereocenters. The molecular weight excluding hydrogens is 224 g/mol. The van der Waals surface area contributed by atoms with Crippen LogP contribution in [0.15, 0.2) is 6.33 Å². The molecule has 17 heavy (non-hydrogen) atoms. The Labute approximate surface area is 96.8 Å². The van der Waals surface area contributed by atoms with Crippen molar-refractivity contribution in [2.45, 2.75) is 13.0 Å². The summed E-state index contributed by atoms with van der Waals surface area (Å²) < 4.78 is 4.99. The molecule has 0 radical (unpaired) electrons. The van der Waals surface area contributed by atoms with Crippen LogP contribution < -0.4 is 15.8 Å². The van der Waals surface area contributed by atoms with Gasteiger partial charge in [0.1, 0.15) is 12.0 Å². The molecule has 2 aromatic heterocycles. The first-order valence-corrected chi connectivity index (χ1v) is 4.86. The number of nitrogens with one attached hydrogen (secondary N) is 2. The predicted octanol–water partition coefficient (Wildman–Crippen LogP) is -0.246. The number of nitrogens with two attached hydrogens (primary N) is 1. The number of methoxy groups -OCH3 is 1. The number of nitrogen functional groups attached to an aromatic ring is 1. The quantitative estimate of drug-likeness (QED) is 0.663. The Morgan fingerprint density at radius 1 is 1.47 bits per heavy atom. The number of aromatic amines is 1. The number of nitrogens with zero attached hydrogens (tertiary/aromatic N) is 5. The number of rotatable bonds is 4. The highest BCUT2D eigenvalue weighted by molar-refractivity contribution is 5.66. The van der Waals surface area contributed by atoms with Crippen LogP contribution in [0.1, 0.15) is 18.8 Å². The zero-order chi connectivity index (χ0) is 12.3. The third kappa shape index (κ3) is 2.22. The minimum atomic E-state index is -0.185. The fourth-order valence-electron chi connectivity index (χ4n) is 1.28. The number of hydrogen-bond donors (Lipinski definition) is 3. The maximum absolute atomic E-state index is 5.82. The lowest BCUT2D eigenvalue weighted by Gasteiger charge is -2.13. The minimum absolute atomic E-state index is 0.185. The van der Waals surface area contributed by atoms with Crippen LogP contribution >= 0.6 is 0 Å². The lowest BCUT2D eigenvalue weighted by molar-refractivity contribution is 0.399. The predicted molar refractivity (Wildman–Crippen MR) is 59.2 cm³/mol. The van der Waals surface area contributed by atoms with Gasteiger partial charge in [0.15, 0.2) is 11.6 Å². The van der Waals surface area contributed by atoms with Gasteiger partial charge in [-0.25, -0.2) is 4.98 Å². The first-order valence-electron chi connectivity index (χ1n) is 4.86. The molecule has 4 N–H and O–H groups in total. The van der Waals surface area contributed by atoms with Gasteiger partial charge >= 0.3 is 0 Å². The van der Waals surface area contributed by atoms with E-state index in [0.29, 0.717) is 23.2 Å². The van der Waals surface area contributed by atoms with E-state index >= 15 is 0 Å². The van der Waals surface area contributed by atoms with Crippen molar-refractivity contribution >= 4 is 11.5 Å². The summed E-state index contributed by atoms with van der Waals surface area (Å²) in [5, 5.41) is 16.6. The van der Waals surface area contributed by atoms with Crippen molar-refractivity contribution in [1.29, 1.82) is 0 Å². The lowest BCUT2D eigenvalue weighted by atomic mass is 10.3. The largest absolute Gasteiger partial charge is 0.479 e. The van der Waals surface area contributed by atoms with E-state index in [1.54, 1.807) is 0 Å². The van der Waals surface area contributed by atoms with Crippen molar-refractivity contribution in [3.8, 4) is 5.88 Å². The van der Waals surface area contributed by atoms with E-state index < -0.39 is 0 Å². The zero-order valence-corrected chi connectivity index (χ0v) is 9.38. The average Bonchev–Trinajstić information content (AvgIpc) is 2.85. The minimum Gasteiger partial charge on any atom is -0.479 e. The van der Waals surface area contributed by atoms with Gasteiger partial charge < -0.3 is 15.8 Å². The summed E-state index contributed by atoms with van der Waals surface area (Å²) in [4.78, 5) is 7.90. The number of aromatic nitrogens is 6. The van der Waals surface area contributed by atoms with Crippen LogP contribution in [-0.4, -0.2) is 37.7 Å². The SMILES string of the molecule is COc1ncnc(NC(C)c2nn[nH]n2)c1N. The van der Waals surface area contributed by atoms with Gasteiger partial charge in [-0.1, -0.05) is 5.21 Å². The molecule has 9 nitrogen and oxygen atoms in total. The zero-order valence-electron chi connectivity index (χ0n) is 9.38. The Hall–Kier alpha value is -2.45. The Balaban J connectivity index is 2.19. The Kier molecular flexibility index (Phi) is 2.99. The Morgan fingerprint density at radius 2 is 2.29 bits per heavy atom. The number of H-pyrrole nitrogens is 1. The van der Waals surface area contributed by atoms with Crippen LogP contribution in [0.25, 0.3) is 0 Å². The van der Waals surface area contributed by atoms with Crippen LogP contribution in [0.5, 0.6) is 5.88 Å². The van der Waals surface area contributed by atoms with E-state index in [4.69, 9.17) is 10.5 Å². The molecular formula is C8H12N8O. The molecule has 0 spiro atoms. The van der Waals surface area contributed by atoms with E-state index in [-0.39, 0.29) is 6.04 Å². The normalized spacial score (nSPS) is 12.1. The summed E-state index contributed by atoms with van der Waals surface area (Å²) in [6.45, 7) is 1.86. The van der Waals surface area contributed by atoms with Crippen molar-refractivity contribution in [2.24, 2.45) is 0 Å². The molecule has 2 aromatic rings. The number of hydrogen-bond acceptors (Lipinski definition) is 8. The van der Waals surface area contributed by atoms with E-state index in [1.165, 1.54) is 13.4 Å². The van der Waals surface area contributed by atoms with E-state index in [9.17, 15) is 0 Å². The molecule has 2 heterocycles. The van der Waals surface area contributed by atoms with Gasteiger partial charge in [-0.15, -0.1) is 10.2 Å². The second-order valence-corrected chi connectivity index (χ2v) is 3.28. The summed E-state index contributed by atoms with van der Waals surface area (Å²) >= 11 is 0. The molecule has 0 fully saturated rings. The van der Waals surface area contributed by atoms with Gasteiger partial charge in [-0.05, 0) is 6.92 Å². The number of ether oxygens (including phenoxy) is 1. The highest BCUT2D eigenvalue weighted by atomic mass is 16.5. The number of anilines is 2. The molecule has 0 amide bonds. The van der Waals surface area contributed by atoms with Crippen molar-refractivity contribution < 1.29 is 4.74 Å². The highest BCUT2D eigenvalue weighted by Crippen LogP contribution is 2.26. The highest BCUT2D eigenvalue weighted by Gasteiger charge is 2.14. The summed E-state index contributed by atoms with van der Waals surface area (Å²) in [5.74, 6) is 1.30. The fourth-order valence-corrected chi connectivity index (χ4v) is 1.28. The first kappa shape index (κ1) is 11.0. The summed E-state index contributed by atoms with van der Waals surface area (Å²) in [5.41, 5.74) is 6.16. The molecule has 1 unspecified atom stereocenters. The van der Waals surface area contributed by atoms with Crippen molar-refractivity contribution in [3.63, 3.8) is 0 Å². The Bertz CT molecular complexity index is 484. The van der Waals surface area contributed by atoms with Crippen molar-refractivity contribution in [3.05, 3.63) is 12.2 Å². The van der Waals surface area contributed by atoms with Gasteiger partial charge in [0.25, 0.3) is 0 Å². The standard InChI is InChI=1S/C8H12N8O/c1-4(6-13-15-16-14-6)12-7-5(9)8(17-2)11-3-10-7/h3-4H,9H2,1-2H3,(H,10,11,12)(H,13,14,15,16). The smallest absolute Gasteiger partial charge is 0.242 e. The summed E-state index contributed by atoms with van der Waals surface area (Å²) in [6.07, 6.45) is 1.36. The second kappa shape index (κ2) is 4.60. The molecule has 0 bridgehead atoms. The van der Waals surface area contributed by atoms with Gasteiger partial charge in [0.2, 0.25) is 5.88 Å². The first-order chi connectivity index (χ1) is 8.22. The van der Waals surface area contributed by atoms with Crippen LogP contribution in [0.3, 0.4) is 0 Å². The molecule has 0 saturated carbocycles. The van der Waals surface area contributed by atoms with Crippen molar-refractivity contribution in [2.75, 3.05) is 18.2 Å². The maximum Gasteiger partial charge on any atom is 0.242 e. The van der Waals surface area contributed by atoms with E-state index in [2.05, 4.69) is 35.9 Å². The molecule has 0 aliphatic rings. The van der Waals surface area contributed by atoms with Crippen LogP contribution in [0.4, 0.5) is 11.5 Å². The van der Waals surface area contributed by atoms with Gasteiger partial charge in [0, 0.05) is 0 Å². The third-order valence-corrected chi connectivity index (χ3v) is 2.14. The van der Waals surface area contributed by atoms with Crippen LogP contribution in [0, 0.1) is 0 Å². The molecule has 0 aliphatic heterocycles. The van der Waals surface area contributed by atoms with Crippen LogP contribution in [0.2, 0.25) is 0 Å². The van der Waals surface area contributed by atoms with Gasteiger partial charge in [0.05, 0.1) is 13.2 Å². The van der Waals surface area contributed by atoms with E-state index in [1.807, 2.05) is 6.92 Å². The van der Waals surface area contributed by atoms with Gasteiger partial charge in [-0.3, -0.25) is 0 Å². The molecule has 0 saturated heterocycles. The maximum atomic E-state index is 5.82. The summed E-state index contributed by atoms with van der Waals surface area (Å²) in [6, 6.07) is -0.185. The fraction of sp³-hybridized carbons (Fsp3) is 0.375. The van der Waals surface area contributed by atoms with Gasteiger partial charge in [-0.2, -0.15) is 10.2 Å². The lowest BCUT2D eigenvalue weighted by Crippen LogP contribution is -2.12. The molecule has 0 aromatic carbocycles. The molecule has 90 valence electrons.